The van der Waals surface area contributed by atoms with Crippen molar-refractivity contribution in [3.05, 3.63) is 35.4 Å². The van der Waals surface area contributed by atoms with Gasteiger partial charge in [0.1, 0.15) is 11.6 Å². The van der Waals surface area contributed by atoms with Gasteiger partial charge >= 0.3 is 0 Å². The molecular formula is C13H13F2N5. The summed E-state index contributed by atoms with van der Waals surface area (Å²) >= 11 is 0. The molecule has 0 bridgehead atoms. The van der Waals surface area contributed by atoms with Gasteiger partial charge in [-0.3, -0.25) is 0 Å². The maximum absolute atomic E-state index is 13.7. The third-order valence-corrected chi connectivity index (χ3v) is 4.10. The van der Waals surface area contributed by atoms with Crippen molar-refractivity contribution >= 4 is 5.95 Å². The van der Waals surface area contributed by atoms with Crippen molar-refractivity contribution in [2.45, 2.75) is 13.0 Å². The van der Waals surface area contributed by atoms with Crippen LogP contribution in [0.4, 0.5) is 14.7 Å². The first-order valence-electron chi connectivity index (χ1n) is 6.66. The zero-order valence-electron chi connectivity index (χ0n) is 10.7. The fraction of sp³-hybridized carbons (Fsp3) is 0.462. The van der Waals surface area contributed by atoms with Crippen molar-refractivity contribution in [2.24, 2.45) is 11.8 Å². The molecular weight excluding hydrogens is 264 g/mol. The van der Waals surface area contributed by atoms with Crippen LogP contribution in [0.3, 0.4) is 0 Å². The molecule has 1 aromatic carbocycles. The van der Waals surface area contributed by atoms with Gasteiger partial charge in [-0.05, 0) is 46.9 Å². The molecule has 0 N–H and O–H groups in total. The predicted octanol–water partition coefficient (Wildman–Crippen LogP) is 1.46. The zero-order chi connectivity index (χ0) is 13.7. The van der Waals surface area contributed by atoms with Gasteiger partial charge in [-0.15, -0.1) is 0 Å². The molecule has 5 nitrogen and oxygen atoms in total. The highest BCUT2D eigenvalue weighted by atomic mass is 19.1. The molecule has 1 saturated heterocycles. The van der Waals surface area contributed by atoms with Gasteiger partial charge in [0, 0.05) is 18.7 Å². The minimum Gasteiger partial charge on any atom is -0.339 e. The SMILES string of the molecule is Fc1ccc(F)c(Cn2nnnc2N2CC3CC3C2)c1. The smallest absolute Gasteiger partial charge is 0.245 e. The lowest BCUT2D eigenvalue weighted by Crippen LogP contribution is -2.26. The molecule has 1 aromatic heterocycles. The van der Waals surface area contributed by atoms with E-state index >= 15 is 0 Å². The number of anilines is 1. The quantitative estimate of drug-likeness (QED) is 0.852. The van der Waals surface area contributed by atoms with E-state index in [1.54, 1.807) is 0 Å². The largest absolute Gasteiger partial charge is 0.339 e. The molecule has 2 heterocycles. The molecule has 0 radical (unpaired) electrons. The van der Waals surface area contributed by atoms with Gasteiger partial charge in [0.15, 0.2) is 0 Å². The van der Waals surface area contributed by atoms with E-state index in [0.717, 1.165) is 37.1 Å². The maximum atomic E-state index is 13.7. The van der Waals surface area contributed by atoms with Gasteiger partial charge in [-0.25, -0.2) is 13.5 Å². The molecule has 4 rings (SSSR count). The topological polar surface area (TPSA) is 46.8 Å². The average Bonchev–Trinajstić information content (AvgIpc) is 2.87. The number of piperidine rings is 1. The van der Waals surface area contributed by atoms with E-state index in [1.165, 1.54) is 17.2 Å². The van der Waals surface area contributed by atoms with Gasteiger partial charge in [-0.2, -0.15) is 0 Å². The van der Waals surface area contributed by atoms with Crippen LogP contribution in [-0.4, -0.2) is 33.3 Å². The van der Waals surface area contributed by atoms with E-state index in [9.17, 15) is 8.78 Å². The first-order chi connectivity index (χ1) is 9.70. The van der Waals surface area contributed by atoms with Crippen LogP contribution >= 0.6 is 0 Å². The van der Waals surface area contributed by atoms with Crippen LogP contribution in [0, 0.1) is 23.5 Å². The van der Waals surface area contributed by atoms with E-state index in [4.69, 9.17) is 0 Å². The molecule has 0 spiro atoms. The number of benzene rings is 1. The number of tetrazole rings is 1. The monoisotopic (exact) mass is 277 g/mol. The highest BCUT2D eigenvalue weighted by Gasteiger charge is 2.46. The first-order valence-corrected chi connectivity index (χ1v) is 6.66. The molecule has 2 aliphatic rings. The van der Waals surface area contributed by atoms with E-state index < -0.39 is 11.6 Å². The molecule has 2 aromatic rings. The van der Waals surface area contributed by atoms with Crippen LogP contribution in [0.25, 0.3) is 0 Å². The lowest BCUT2D eigenvalue weighted by atomic mass is 10.2. The van der Waals surface area contributed by atoms with E-state index in [1.807, 2.05) is 0 Å². The van der Waals surface area contributed by atoms with Crippen LogP contribution in [-0.2, 0) is 6.54 Å². The molecule has 1 aliphatic heterocycles. The van der Waals surface area contributed by atoms with E-state index in [-0.39, 0.29) is 12.1 Å². The van der Waals surface area contributed by atoms with E-state index in [2.05, 4.69) is 20.4 Å². The summed E-state index contributed by atoms with van der Waals surface area (Å²) < 4.78 is 28.4. The Morgan fingerprint density at radius 3 is 2.80 bits per heavy atom. The Morgan fingerprint density at radius 1 is 1.20 bits per heavy atom. The van der Waals surface area contributed by atoms with Crippen molar-refractivity contribution in [3.63, 3.8) is 0 Å². The van der Waals surface area contributed by atoms with Crippen LogP contribution in [0.5, 0.6) is 0 Å². The fourth-order valence-corrected chi connectivity index (χ4v) is 2.92. The molecule has 20 heavy (non-hydrogen) atoms. The van der Waals surface area contributed by atoms with Gasteiger partial charge in [0.2, 0.25) is 5.95 Å². The minimum atomic E-state index is -0.460. The second kappa shape index (κ2) is 4.22. The Hall–Kier alpha value is -2.05. The number of hydrogen-bond acceptors (Lipinski definition) is 4. The van der Waals surface area contributed by atoms with Crippen LogP contribution in [0.2, 0.25) is 0 Å². The second-order valence-electron chi connectivity index (χ2n) is 5.53. The summed E-state index contributed by atoms with van der Waals surface area (Å²) in [5.74, 6) is 1.24. The Labute approximate surface area is 114 Å². The Kier molecular flexibility index (Phi) is 2.48. The Bertz CT molecular complexity index is 646. The number of fused-ring (bicyclic) bond motifs is 1. The first kappa shape index (κ1) is 11.7. The van der Waals surface area contributed by atoms with Gasteiger partial charge in [0.25, 0.3) is 0 Å². The summed E-state index contributed by atoms with van der Waals surface area (Å²) in [5, 5.41) is 11.6. The molecule has 2 atom stereocenters. The Balaban J connectivity index is 1.60. The van der Waals surface area contributed by atoms with Crippen molar-refractivity contribution in [1.29, 1.82) is 0 Å². The third kappa shape index (κ3) is 1.93. The van der Waals surface area contributed by atoms with Crippen molar-refractivity contribution in [1.82, 2.24) is 20.2 Å². The number of rotatable bonds is 3. The number of hydrogen-bond donors (Lipinski definition) is 0. The van der Waals surface area contributed by atoms with Gasteiger partial charge < -0.3 is 4.90 Å². The van der Waals surface area contributed by atoms with Crippen LogP contribution < -0.4 is 4.90 Å². The maximum Gasteiger partial charge on any atom is 0.245 e. The molecule has 0 amide bonds. The summed E-state index contributed by atoms with van der Waals surface area (Å²) in [4.78, 5) is 2.12. The van der Waals surface area contributed by atoms with Crippen LogP contribution in [0.15, 0.2) is 18.2 Å². The molecule has 1 saturated carbocycles. The van der Waals surface area contributed by atoms with Crippen LogP contribution in [0.1, 0.15) is 12.0 Å². The number of halogens is 2. The minimum absolute atomic E-state index is 0.137. The highest BCUT2D eigenvalue weighted by Crippen LogP contribution is 2.45. The Morgan fingerprint density at radius 2 is 2.00 bits per heavy atom. The predicted molar refractivity (Wildman–Crippen MR) is 67.1 cm³/mol. The molecule has 2 fully saturated rings. The second-order valence-corrected chi connectivity index (χ2v) is 5.53. The fourth-order valence-electron chi connectivity index (χ4n) is 2.92. The zero-order valence-corrected chi connectivity index (χ0v) is 10.7. The summed E-state index contributed by atoms with van der Waals surface area (Å²) in [6, 6.07) is 3.41. The molecule has 7 heteroatoms. The number of aromatic nitrogens is 4. The average molecular weight is 277 g/mol. The van der Waals surface area contributed by atoms with E-state index in [0.29, 0.717) is 5.95 Å². The van der Waals surface area contributed by atoms with Gasteiger partial charge in [0.05, 0.1) is 6.54 Å². The molecule has 2 unspecified atom stereocenters. The molecule has 104 valence electrons. The molecule has 1 aliphatic carbocycles. The standard InChI is InChI=1S/C13H13F2N5/c14-11-1-2-12(15)10(4-11)7-20-13(16-17-18-20)19-5-8-3-9(8)6-19/h1-2,4,8-9H,3,5-7H2. The summed E-state index contributed by atoms with van der Waals surface area (Å²) in [5.41, 5.74) is 0.253. The normalized spacial score (nSPS) is 24.0. The lowest BCUT2D eigenvalue weighted by molar-refractivity contribution is 0.558. The third-order valence-electron chi connectivity index (χ3n) is 4.10. The van der Waals surface area contributed by atoms with Crippen molar-refractivity contribution in [2.75, 3.05) is 18.0 Å². The highest BCUT2D eigenvalue weighted by molar-refractivity contribution is 5.34. The number of nitrogens with zero attached hydrogens (tertiary/aromatic N) is 5. The van der Waals surface area contributed by atoms with Gasteiger partial charge in [-0.1, -0.05) is 5.10 Å². The van der Waals surface area contributed by atoms with Crippen molar-refractivity contribution < 1.29 is 8.78 Å². The summed E-state index contributed by atoms with van der Waals surface area (Å²) in [6.07, 6.45) is 1.29. The summed E-state index contributed by atoms with van der Waals surface area (Å²) in [7, 11) is 0. The lowest BCUT2D eigenvalue weighted by Gasteiger charge is -2.18. The summed E-state index contributed by atoms with van der Waals surface area (Å²) in [6.45, 7) is 2.05. The van der Waals surface area contributed by atoms with Crippen molar-refractivity contribution in [3.8, 4) is 0 Å².